The summed E-state index contributed by atoms with van der Waals surface area (Å²) >= 11 is 0. The Morgan fingerprint density at radius 2 is 1.72 bits per heavy atom. The first-order valence-corrected chi connectivity index (χ1v) is 7.31. The zero-order chi connectivity index (χ0) is 13.2. The molecule has 0 saturated carbocycles. The molecular formula is C12H16N2O3S. The molecule has 0 atom stereocenters. The Bertz CT molecular complexity index is 531. The molecule has 18 heavy (non-hydrogen) atoms. The molecule has 1 aliphatic rings. The first-order valence-electron chi connectivity index (χ1n) is 5.87. The van der Waals surface area contributed by atoms with Crippen LogP contribution in [0, 0.1) is 0 Å². The van der Waals surface area contributed by atoms with Gasteiger partial charge < -0.3 is 5.73 Å². The lowest BCUT2D eigenvalue weighted by molar-refractivity contribution is -0.117. The first-order chi connectivity index (χ1) is 8.50. The molecule has 1 amide bonds. The van der Waals surface area contributed by atoms with Gasteiger partial charge in [0.25, 0.3) is 0 Å². The number of primary amides is 1. The van der Waals surface area contributed by atoms with Gasteiger partial charge in [0.1, 0.15) is 0 Å². The smallest absolute Gasteiger partial charge is 0.243 e. The molecule has 98 valence electrons. The van der Waals surface area contributed by atoms with Gasteiger partial charge in [-0.25, -0.2) is 8.42 Å². The van der Waals surface area contributed by atoms with E-state index in [1.54, 1.807) is 12.1 Å². The molecule has 2 rings (SSSR count). The van der Waals surface area contributed by atoms with Crippen LogP contribution in [-0.4, -0.2) is 31.7 Å². The Kier molecular flexibility index (Phi) is 3.68. The first kappa shape index (κ1) is 13.0. The second-order valence-corrected chi connectivity index (χ2v) is 6.34. The normalized spacial score (nSPS) is 16.9. The van der Waals surface area contributed by atoms with Crippen LogP contribution in [0.25, 0.3) is 0 Å². The quantitative estimate of drug-likeness (QED) is 0.863. The zero-order valence-electron chi connectivity index (χ0n) is 10.0. The van der Waals surface area contributed by atoms with Crippen molar-refractivity contribution in [1.29, 1.82) is 0 Å². The molecule has 1 aromatic rings. The van der Waals surface area contributed by atoms with Crippen molar-refractivity contribution in [2.24, 2.45) is 5.73 Å². The van der Waals surface area contributed by atoms with Crippen LogP contribution in [0.2, 0.25) is 0 Å². The molecule has 6 heteroatoms. The molecule has 1 aromatic carbocycles. The fourth-order valence-electron chi connectivity index (χ4n) is 2.06. The van der Waals surface area contributed by atoms with Crippen molar-refractivity contribution >= 4 is 15.9 Å². The Balaban J connectivity index is 2.20. The van der Waals surface area contributed by atoms with E-state index in [1.165, 1.54) is 16.4 Å². The lowest BCUT2D eigenvalue weighted by atomic mass is 10.1. The minimum Gasteiger partial charge on any atom is -0.369 e. The average Bonchev–Trinajstić information content (AvgIpc) is 2.83. The molecule has 2 N–H and O–H groups in total. The number of amides is 1. The molecule has 5 nitrogen and oxygen atoms in total. The van der Waals surface area contributed by atoms with Crippen LogP contribution in [0.3, 0.4) is 0 Å². The van der Waals surface area contributed by atoms with Crippen molar-refractivity contribution in [3.63, 3.8) is 0 Å². The summed E-state index contributed by atoms with van der Waals surface area (Å²) in [5, 5.41) is 0. The predicted molar refractivity (Wildman–Crippen MR) is 67.3 cm³/mol. The van der Waals surface area contributed by atoms with Gasteiger partial charge in [0.05, 0.1) is 11.3 Å². The van der Waals surface area contributed by atoms with Crippen LogP contribution in [0.5, 0.6) is 0 Å². The van der Waals surface area contributed by atoms with Crippen molar-refractivity contribution in [3.8, 4) is 0 Å². The second-order valence-electron chi connectivity index (χ2n) is 4.40. The summed E-state index contributed by atoms with van der Waals surface area (Å²) in [7, 11) is -3.37. The Morgan fingerprint density at radius 3 is 2.22 bits per heavy atom. The van der Waals surface area contributed by atoms with Gasteiger partial charge in [0.2, 0.25) is 15.9 Å². The summed E-state index contributed by atoms with van der Waals surface area (Å²) in [6, 6.07) is 6.33. The van der Waals surface area contributed by atoms with Gasteiger partial charge in [-0.2, -0.15) is 4.31 Å². The molecule has 1 aliphatic heterocycles. The van der Waals surface area contributed by atoms with Gasteiger partial charge in [-0.1, -0.05) is 12.1 Å². The van der Waals surface area contributed by atoms with Crippen LogP contribution >= 0.6 is 0 Å². The second kappa shape index (κ2) is 5.07. The van der Waals surface area contributed by atoms with Gasteiger partial charge >= 0.3 is 0 Å². The van der Waals surface area contributed by atoms with E-state index < -0.39 is 15.9 Å². The van der Waals surface area contributed by atoms with Crippen molar-refractivity contribution in [1.82, 2.24) is 4.31 Å². The van der Waals surface area contributed by atoms with E-state index in [-0.39, 0.29) is 11.3 Å². The highest BCUT2D eigenvalue weighted by Gasteiger charge is 2.26. The van der Waals surface area contributed by atoms with E-state index in [0.717, 1.165) is 18.4 Å². The number of hydrogen-bond donors (Lipinski definition) is 1. The molecule has 1 saturated heterocycles. The van der Waals surface area contributed by atoms with Crippen LogP contribution in [-0.2, 0) is 21.2 Å². The third kappa shape index (κ3) is 2.70. The predicted octanol–water partition coefficient (Wildman–Crippen LogP) is 0.499. The number of sulfonamides is 1. The summed E-state index contributed by atoms with van der Waals surface area (Å²) in [5.74, 6) is -0.426. The summed E-state index contributed by atoms with van der Waals surface area (Å²) in [4.78, 5) is 11.0. The molecule has 0 spiro atoms. The van der Waals surface area contributed by atoms with Crippen LogP contribution in [0.4, 0.5) is 0 Å². The lowest BCUT2D eigenvalue weighted by Gasteiger charge is -2.15. The van der Waals surface area contributed by atoms with E-state index in [4.69, 9.17) is 5.73 Å². The monoisotopic (exact) mass is 268 g/mol. The Hall–Kier alpha value is -1.40. The lowest BCUT2D eigenvalue weighted by Crippen LogP contribution is -2.27. The SMILES string of the molecule is NC(=O)Cc1ccc(S(=O)(=O)N2CCCC2)cc1. The molecule has 0 aliphatic carbocycles. The van der Waals surface area contributed by atoms with E-state index >= 15 is 0 Å². The number of benzene rings is 1. The fraction of sp³-hybridized carbons (Fsp3) is 0.417. The van der Waals surface area contributed by atoms with E-state index in [2.05, 4.69) is 0 Å². The third-order valence-corrected chi connectivity index (χ3v) is 4.92. The Labute approximate surface area is 107 Å². The maximum Gasteiger partial charge on any atom is 0.243 e. The highest BCUT2D eigenvalue weighted by atomic mass is 32.2. The molecule has 0 radical (unpaired) electrons. The van der Waals surface area contributed by atoms with Crippen molar-refractivity contribution in [2.45, 2.75) is 24.2 Å². The number of nitrogens with zero attached hydrogens (tertiary/aromatic N) is 1. The number of nitrogens with two attached hydrogens (primary N) is 1. The Morgan fingerprint density at radius 1 is 1.17 bits per heavy atom. The molecular weight excluding hydrogens is 252 g/mol. The van der Waals surface area contributed by atoms with Crippen molar-refractivity contribution in [3.05, 3.63) is 29.8 Å². The highest BCUT2D eigenvalue weighted by Crippen LogP contribution is 2.21. The number of rotatable bonds is 4. The molecule has 0 bridgehead atoms. The molecule has 1 fully saturated rings. The number of hydrogen-bond acceptors (Lipinski definition) is 3. The summed E-state index contributed by atoms with van der Waals surface area (Å²) in [6.45, 7) is 1.18. The van der Waals surface area contributed by atoms with Crippen molar-refractivity contribution < 1.29 is 13.2 Å². The zero-order valence-corrected chi connectivity index (χ0v) is 10.8. The summed E-state index contributed by atoms with van der Waals surface area (Å²) in [6.07, 6.45) is 1.96. The highest BCUT2D eigenvalue weighted by molar-refractivity contribution is 7.89. The van der Waals surface area contributed by atoms with Crippen LogP contribution in [0.15, 0.2) is 29.2 Å². The van der Waals surface area contributed by atoms with Crippen molar-refractivity contribution in [2.75, 3.05) is 13.1 Å². The fourth-order valence-corrected chi connectivity index (χ4v) is 3.58. The van der Waals surface area contributed by atoms with Gasteiger partial charge in [-0.05, 0) is 30.5 Å². The van der Waals surface area contributed by atoms with Gasteiger partial charge in [0.15, 0.2) is 0 Å². The van der Waals surface area contributed by atoms with E-state index in [9.17, 15) is 13.2 Å². The minimum atomic E-state index is -3.37. The van der Waals surface area contributed by atoms with E-state index in [1.807, 2.05) is 0 Å². The van der Waals surface area contributed by atoms with Crippen LogP contribution < -0.4 is 5.73 Å². The summed E-state index contributed by atoms with van der Waals surface area (Å²) < 4.78 is 25.9. The van der Waals surface area contributed by atoms with E-state index in [0.29, 0.717) is 13.1 Å². The molecule has 0 unspecified atom stereocenters. The number of carbonyl (C=O) groups excluding carboxylic acids is 1. The molecule has 0 aromatic heterocycles. The maximum absolute atomic E-state index is 12.2. The summed E-state index contributed by atoms with van der Waals surface area (Å²) in [5.41, 5.74) is 5.81. The number of carbonyl (C=O) groups is 1. The standard InChI is InChI=1S/C12H16N2O3S/c13-12(15)9-10-3-5-11(6-4-10)18(16,17)14-7-1-2-8-14/h3-6H,1-2,7-9H2,(H2,13,15). The maximum atomic E-state index is 12.2. The minimum absolute atomic E-state index is 0.129. The van der Waals surface area contributed by atoms with Crippen LogP contribution in [0.1, 0.15) is 18.4 Å². The average molecular weight is 268 g/mol. The largest absolute Gasteiger partial charge is 0.369 e. The molecule has 1 heterocycles. The van der Waals surface area contributed by atoms with Gasteiger partial charge in [-0.3, -0.25) is 4.79 Å². The third-order valence-electron chi connectivity index (χ3n) is 3.00. The van der Waals surface area contributed by atoms with Gasteiger partial charge in [0, 0.05) is 13.1 Å². The topological polar surface area (TPSA) is 80.5 Å². The van der Waals surface area contributed by atoms with Gasteiger partial charge in [-0.15, -0.1) is 0 Å².